The standard InChI is InChI=1S/C22H26N4S/c1-26-21(18-10-3-2-4-11-18)24-25-22(26)27-16-8-15-23-20-14-7-12-17-9-5-6-13-19(17)20/h2-6,9-11,13,20,23H,7-8,12,14-16H2,1H3. The Labute approximate surface area is 165 Å². The maximum Gasteiger partial charge on any atom is 0.191 e. The van der Waals surface area contributed by atoms with Crippen molar-refractivity contribution >= 4 is 11.8 Å². The average Bonchev–Trinajstić information content (AvgIpc) is 3.09. The van der Waals surface area contributed by atoms with Crippen molar-refractivity contribution in [2.24, 2.45) is 7.05 Å². The van der Waals surface area contributed by atoms with Crippen LogP contribution in [-0.4, -0.2) is 27.1 Å². The summed E-state index contributed by atoms with van der Waals surface area (Å²) in [4.78, 5) is 0. The van der Waals surface area contributed by atoms with Gasteiger partial charge in [-0.05, 0) is 43.4 Å². The highest BCUT2D eigenvalue weighted by molar-refractivity contribution is 7.99. The molecule has 1 unspecified atom stereocenters. The number of hydrogen-bond donors (Lipinski definition) is 1. The highest BCUT2D eigenvalue weighted by Gasteiger charge is 2.18. The van der Waals surface area contributed by atoms with Crippen LogP contribution >= 0.6 is 11.8 Å². The molecular weight excluding hydrogens is 352 g/mol. The van der Waals surface area contributed by atoms with Crippen molar-refractivity contribution < 1.29 is 0 Å². The van der Waals surface area contributed by atoms with E-state index in [1.165, 1.54) is 30.4 Å². The maximum atomic E-state index is 4.36. The molecule has 0 saturated carbocycles. The molecule has 27 heavy (non-hydrogen) atoms. The van der Waals surface area contributed by atoms with Crippen LogP contribution in [0.5, 0.6) is 0 Å². The predicted molar refractivity (Wildman–Crippen MR) is 112 cm³/mol. The molecule has 140 valence electrons. The first-order chi connectivity index (χ1) is 13.3. The third kappa shape index (κ3) is 4.25. The van der Waals surface area contributed by atoms with Gasteiger partial charge in [0.1, 0.15) is 0 Å². The fourth-order valence-corrected chi connectivity index (χ4v) is 4.61. The van der Waals surface area contributed by atoms with Gasteiger partial charge in [-0.1, -0.05) is 66.4 Å². The van der Waals surface area contributed by atoms with E-state index in [-0.39, 0.29) is 0 Å². The monoisotopic (exact) mass is 378 g/mol. The number of nitrogens with zero attached hydrogens (tertiary/aromatic N) is 3. The Morgan fingerprint density at radius 3 is 2.78 bits per heavy atom. The summed E-state index contributed by atoms with van der Waals surface area (Å²) in [5.74, 6) is 1.97. The second kappa shape index (κ2) is 8.72. The molecule has 4 nitrogen and oxygen atoms in total. The van der Waals surface area contributed by atoms with E-state index in [0.29, 0.717) is 6.04 Å². The Bertz CT molecular complexity index is 875. The number of aryl methyl sites for hydroxylation is 1. The van der Waals surface area contributed by atoms with Crippen LogP contribution in [0.3, 0.4) is 0 Å². The Morgan fingerprint density at radius 1 is 1.07 bits per heavy atom. The number of benzene rings is 2. The Morgan fingerprint density at radius 2 is 1.89 bits per heavy atom. The molecule has 0 bridgehead atoms. The SMILES string of the molecule is Cn1c(SCCCNC2CCCc3ccccc32)nnc1-c1ccccc1. The van der Waals surface area contributed by atoms with Crippen LogP contribution in [0.2, 0.25) is 0 Å². The van der Waals surface area contributed by atoms with Gasteiger partial charge in [0.05, 0.1) is 0 Å². The smallest absolute Gasteiger partial charge is 0.191 e. The molecular formula is C22H26N4S. The number of rotatable bonds is 7. The fraction of sp³-hybridized carbons (Fsp3) is 0.364. The summed E-state index contributed by atoms with van der Waals surface area (Å²) in [6, 6.07) is 19.6. The van der Waals surface area contributed by atoms with Crippen molar-refractivity contribution in [3.8, 4) is 11.4 Å². The maximum absolute atomic E-state index is 4.36. The number of aromatic nitrogens is 3. The van der Waals surface area contributed by atoms with E-state index in [0.717, 1.165) is 35.3 Å². The van der Waals surface area contributed by atoms with Gasteiger partial charge in [-0.2, -0.15) is 0 Å². The first kappa shape index (κ1) is 18.3. The molecule has 1 atom stereocenters. The molecule has 2 aromatic carbocycles. The molecule has 1 aliphatic rings. The van der Waals surface area contributed by atoms with E-state index in [1.807, 2.05) is 25.2 Å². The highest BCUT2D eigenvalue weighted by Crippen LogP contribution is 2.29. The normalized spacial score (nSPS) is 16.3. The lowest BCUT2D eigenvalue weighted by Gasteiger charge is -2.26. The van der Waals surface area contributed by atoms with Crippen LogP contribution in [0.25, 0.3) is 11.4 Å². The van der Waals surface area contributed by atoms with E-state index in [9.17, 15) is 0 Å². The van der Waals surface area contributed by atoms with E-state index >= 15 is 0 Å². The molecule has 0 radical (unpaired) electrons. The van der Waals surface area contributed by atoms with Crippen LogP contribution in [0, 0.1) is 0 Å². The number of fused-ring (bicyclic) bond motifs is 1. The second-order valence-corrected chi connectivity index (χ2v) is 8.09. The average molecular weight is 379 g/mol. The third-order valence-electron chi connectivity index (χ3n) is 5.18. The zero-order valence-corrected chi connectivity index (χ0v) is 16.6. The van der Waals surface area contributed by atoms with Crippen molar-refractivity contribution in [2.75, 3.05) is 12.3 Å². The van der Waals surface area contributed by atoms with Gasteiger partial charge >= 0.3 is 0 Å². The van der Waals surface area contributed by atoms with Crippen molar-refractivity contribution in [1.29, 1.82) is 0 Å². The molecule has 0 amide bonds. The second-order valence-electron chi connectivity index (χ2n) is 7.03. The summed E-state index contributed by atoms with van der Waals surface area (Å²) in [7, 11) is 2.04. The van der Waals surface area contributed by atoms with E-state index < -0.39 is 0 Å². The van der Waals surface area contributed by atoms with Crippen LogP contribution in [0.4, 0.5) is 0 Å². The molecule has 0 spiro atoms. The zero-order valence-electron chi connectivity index (χ0n) is 15.8. The third-order valence-corrected chi connectivity index (χ3v) is 6.29. The summed E-state index contributed by atoms with van der Waals surface area (Å²) in [6.45, 7) is 1.04. The van der Waals surface area contributed by atoms with Crippen molar-refractivity contribution in [2.45, 2.75) is 36.9 Å². The molecule has 1 aliphatic carbocycles. The van der Waals surface area contributed by atoms with Gasteiger partial charge in [-0.3, -0.25) is 0 Å². The van der Waals surface area contributed by atoms with Gasteiger partial charge in [0.2, 0.25) is 0 Å². The Hall–Kier alpha value is -2.11. The van der Waals surface area contributed by atoms with Crippen LogP contribution < -0.4 is 5.32 Å². The minimum atomic E-state index is 0.513. The van der Waals surface area contributed by atoms with Gasteiger partial charge in [0.15, 0.2) is 11.0 Å². The van der Waals surface area contributed by atoms with Gasteiger partial charge in [0, 0.05) is 24.4 Å². The van der Waals surface area contributed by atoms with Gasteiger partial charge in [0.25, 0.3) is 0 Å². The highest BCUT2D eigenvalue weighted by atomic mass is 32.2. The van der Waals surface area contributed by atoms with Crippen LogP contribution in [-0.2, 0) is 13.5 Å². The lowest BCUT2D eigenvalue weighted by molar-refractivity contribution is 0.461. The van der Waals surface area contributed by atoms with Crippen molar-refractivity contribution in [3.05, 3.63) is 65.7 Å². The largest absolute Gasteiger partial charge is 0.310 e. The van der Waals surface area contributed by atoms with Gasteiger partial charge < -0.3 is 9.88 Å². The minimum Gasteiger partial charge on any atom is -0.310 e. The molecule has 1 aromatic heterocycles. The minimum absolute atomic E-state index is 0.513. The molecule has 5 heteroatoms. The quantitative estimate of drug-likeness (QED) is 0.481. The molecule has 4 rings (SSSR count). The summed E-state index contributed by atoms with van der Waals surface area (Å²) in [5.41, 5.74) is 4.12. The van der Waals surface area contributed by atoms with Gasteiger partial charge in [-0.15, -0.1) is 10.2 Å². The number of hydrogen-bond acceptors (Lipinski definition) is 4. The Kier molecular flexibility index (Phi) is 5.90. The molecule has 1 heterocycles. The zero-order chi connectivity index (χ0) is 18.5. The number of thioether (sulfide) groups is 1. The molecule has 0 fully saturated rings. The fourth-order valence-electron chi connectivity index (χ4n) is 3.76. The number of nitrogens with one attached hydrogen (secondary N) is 1. The summed E-state index contributed by atoms with van der Waals surface area (Å²) in [5, 5.41) is 13.5. The van der Waals surface area contributed by atoms with Crippen molar-refractivity contribution in [1.82, 2.24) is 20.1 Å². The molecule has 0 aliphatic heterocycles. The Balaban J connectivity index is 1.26. The summed E-state index contributed by atoms with van der Waals surface area (Å²) < 4.78 is 2.09. The lowest BCUT2D eigenvalue weighted by Crippen LogP contribution is -2.26. The topological polar surface area (TPSA) is 42.7 Å². The molecule has 3 aromatic rings. The first-order valence-corrected chi connectivity index (χ1v) is 10.7. The van der Waals surface area contributed by atoms with Crippen LogP contribution in [0.1, 0.15) is 36.4 Å². The molecule has 0 saturated heterocycles. The van der Waals surface area contributed by atoms with Crippen LogP contribution in [0.15, 0.2) is 59.8 Å². The first-order valence-electron chi connectivity index (χ1n) is 9.72. The predicted octanol–water partition coefficient (Wildman–Crippen LogP) is 4.63. The lowest BCUT2D eigenvalue weighted by atomic mass is 9.88. The van der Waals surface area contributed by atoms with Gasteiger partial charge in [-0.25, -0.2) is 0 Å². The van der Waals surface area contributed by atoms with E-state index in [1.54, 1.807) is 11.8 Å². The van der Waals surface area contributed by atoms with Crippen molar-refractivity contribution in [3.63, 3.8) is 0 Å². The van der Waals surface area contributed by atoms with E-state index in [4.69, 9.17) is 0 Å². The summed E-state index contributed by atoms with van der Waals surface area (Å²) >= 11 is 1.78. The summed E-state index contributed by atoms with van der Waals surface area (Å²) in [6.07, 6.45) is 4.87. The van der Waals surface area contributed by atoms with E-state index in [2.05, 4.69) is 56.5 Å². The molecule has 1 N–H and O–H groups in total.